The highest BCUT2D eigenvalue weighted by atomic mass is 16.2. The van der Waals surface area contributed by atoms with Crippen LogP contribution in [0.4, 0.5) is 0 Å². The SMILES string of the molecule is CCc1ccccc1C(=O)N(CC)C1CCNC1. The molecule has 0 aliphatic carbocycles. The lowest BCUT2D eigenvalue weighted by atomic mass is 10.0. The number of carbonyl (C=O) groups excluding carboxylic acids is 1. The predicted molar refractivity (Wildman–Crippen MR) is 73.8 cm³/mol. The number of amides is 1. The molecule has 3 nitrogen and oxygen atoms in total. The van der Waals surface area contributed by atoms with E-state index in [1.165, 1.54) is 0 Å². The summed E-state index contributed by atoms with van der Waals surface area (Å²) in [4.78, 5) is 14.6. The third-order valence-corrected chi connectivity index (χ3v) is 3.71. The molecule has 1 aliphatic heterocycles. The van der Waals surface area contributed by atoms with Gasteiger partial charge in [-0.15, -0.1) is 0 Å². The average Bonchev–Trinajstić information content (AvgIpc) is 2.93. The van der Waals surface area contributed by atoms with Crippen LogP contribution in [0.5, 0.6) is 0 Å². The zero-order valence-corrected chi connectivity index (χ0v) is 11.3. The van der Waals surface area contributed by atoms with Crippen molar-refractivity contribution in [3.8, 4) is 0 Å². The van der Waals surface area contributed by atoms with Crippen LogP contribution < -0.4 is 5.32 Å². The summed E-state index contributed by atoms with van der Waals surface area (Å²) in [5.74, 6) is 0.184. The topological polar surface area (TPSA) is 32.3 Å². The van der Waals surface area contributed by atoms with Crippen molar-refractivity contribution in [3.05, 3.63) is 35.4 Å². The Morgan fingerprint density at radius 1 is 1.39 bits per heavy atom. The Morgan fingerprint density at radius 3 is 2.78 bits per heavy atom. The smallest absolute Gasteiger partial charge is 0.254 e. The number of rotatable bonds is 4. The summed E-state index contributed by atoms with van der Waals surface area (Å²) in [7, 11) is 0. The van der Waals surface area contributed by atoms with E-state index in [4.69, 9.17) is 0 Å². The molecule has 1 aromatic carbocycles. The van der Waals surface area contributed by atoms with Crippen LogP contribution in [0.1, 0.15) is 36.2 Å². The molecule has 0 saturated carbocycles. The molecule has 1 aromatic rings. The summed E-state index contributed by atoms with van der Waals surface area (Å²) in [6.07, 6.45) is 1.97. The Morgan fingerprint density at radius 2 is 2.17 bits per heavy atom. The lowest BCUT2D eigenvalue weighted by Crippen LogP contribution is -2.41. The normalized spacial score (nSPS) is 18.9. The Kier molecular flexibility index (Phi) is 4.37. The first-order chi connectivity index (χ1) is 8.77. The Bertz CT molecular complexity index is 411. The van der Waals surface area contributed by atoms with Crippen molar-refractivity contribution in [3.63, 3.8) is 0 Å². The fraction of sp³-hybridized carbons (Fsp3) is 0.533. The number of hydrogen-bond donors (Lipinski definition) is 1. The van der Waals surface area contributed by atoms with E-state index in [-0.39, 0.29) is 5.91 Å². The summed E-state index contributed by atoms with van der Waals surface area (Å²) in [5.41, 5.74) is 2.01. The molecular weight excluding hydrogens is 224 g/mol. The molecule has 0 bridgehead atoms. The first-order valence-corrected chi connectivity index (χ1v) is 6.87. The van der Waals surface area contributed by atoms with Gasteiger partial charge in [0.05, 0.1) is 0 Å². The van der Waals surface area contributed by atoms with Crippen molar-refractivity contribution in [1.29, 1.82) is 0 Å². The second-order valence-electron chi connectivity index (χ2n) is 4.75. The standard InChI is InChI=1S/C15H22N2O/c1-3-12-7-5-6-8-14(12)15(18)17(4-2)13-9-10-16-11-13/h5-8,13,16H,3-4,9-11H2,1-2H3. The van der Waals surface area contributed by atoms with Gasteiger partial charge in [0, 0.05) is 24.7 Å². The van der Waals surface area contributed by atoms with Crippen molar-refractivity contribution in [2.75, 3.05) is 19.6 Å². The van der Waals surface area contributed by atoms with Crippen molar-refractivity contribution in [2.24, 2.45) is 0 Å². The molecule has 1 N–H and O–H groups in total. The van der Waals surface area contributed by atoms with Crippen LogP contribution in [-0.2, 0) is 6.42 Å². The monoisotopic (exact) mass is 246 g/mol. The molecule has 1 saturated heterocycles. The van der Waals surface area contributed by atoms with Gasteiger partial charge >= 0.3 is 0 Å². The van der Waals surface area contributed by atoms with E-state index in [1.54, 1.807) is 0 Å². The molecule has 1 heterocycles. The van der Waals surface area contributed by atoms with Crippen molar-refractivity contribution >= 4 is 5.91 Å². The van der Waals surface area contributed by atoms with Crippen LogP contribution in [0.15, 0.2) is 24.3 Å². The number of benzene rings is 1. The fourth-order valence-corrected chi connectivity index (χ4v) is 2.67. The second-order valence-corrected chi connectivity index (χ2v) is 4.75. The number of hydrogen-bond acceptors (Lipinski definition) is 2. The molecule has 1 fully saturated rings. The Labute approximate surface area is 109 Å². The Hall–Kier alpha value is -1.35. The van der Waals surface area contributed by atoms with Gasteiger partial charge in [-0.2, -0.15) is 0 Å². The van der Waals surface area contributed by atoms with Gasteiger partial charge in [-0.1, -0.05) is 25.1 Å². The summed E-state index contributed by atoms with van der Waals surface area (Å²) in [6, 6.07) is 8.31. The first kappa shape index (κ1) is 13.1. The molecule has 1 amide bonds. The highest BCUT2D eigenvalue weighted by Gasteiger charge is 2.26. The van der Waals surface area contributed by atoms with Gasteiger partial charge in [0.2, 0.25) is 0 Å². The van der Waals surface area contributed by atoms with Crippen LogP contribution in [0.3, 0.4) is 0 Å². The Balaban J connectivity index is 2.22. The maximum Gasteiger partial charge on any atom is 0.254 e. The van der Waals surface area contributed by atoms with Gasteiger partial charge in [-0.3, -0.25) is 4.79 Å². The van der Waals surface area contributed by atoms with E-state index in [0.29, 0.717) is 6.04 Å². The molecule has 0 radical (unpaired) electrons. The van der Waals surface area contributed by atoms with Gasteiger partial charge in [0.15, 0.2) is 0 Å². The molecule has 1 unspecified atom stereocenters. The molecule has 98 valence electrons. The van der Waals surface area contributed by atoms with E-state index in [2.05, 4.69) is 19.2 Å². The fourth-order valence-electron chi connectivity index (χ4n) is 2.67. The highest BCUT2D eigenvalue weighted by molar-refractivity contribution is 5.96. The molecule has 18 heavy (non-hydrogen) atoms. The first-order valence-electron chi connectivity index (χ1n) is 6.87. The van der Waals surface area contributed by atoms with Gasteiger partial charge in [0.25, 0.3) is 5.91 Å². The van der Waals surface area contributed by atoms with E-state index in [9.17, 15) is 4.79 Å². The molecule has 1 atom stereocenters. The summed E-state index contributed by atoms with van der Waals surface area (Å²) in [6.45, 7) is 6.88. The van der Waals surface area contributed by atoms with E-state index < -0.39 is 0 Å². The molecule has 2 rings (SSSR count). The van der Waals surface area contributed by atoms with Gasteiger partial charge < -0.3 is 10.2 Å². The lowest BCUT2D eigenvalue weighted by molar-refractivity contribution is 0.0702. The molecule has 0 aromatic heterocycles. The predicted octanol–water partition coefficient (Wildman–Crippen LogP) is 2.07. The van der Waals surface area contributed by atoms with Crippen molar-refractivity contribution in [2.45, 2.75) is 32.7 Å². The average molecular weight is 246 g/mol. The largest absolute Gasteiger partial charge is 0.335 e. The molecule has 0 spiro atoms. The van der Waals surface area contributed by atoms with Crippen LogP contribution in [0.2, 0.25) is 0 Å². The third kappa shape index (κ3) is 2.56. The third-order valence-electron chi connectivity index (χ3n) is 3.71. The molecule has 1 aliphatic rings. The van der Waals surface area contributed by atoms with E-state index >= 15 is 0 Å². The maximum absolute atomic E-state index is 12.6. The summed E-state index contributed by atoms with van der Waals surface area (Å²) >= 11 is 0. The number of likely N-dealkylation sites (N-methyl/N-ethyl adjacent to an activating group) is 1. The quantitative estimate of drug-likeness (QED) is 0.882. The van der Waals surface area contributed by atoms with Gasteiger partial charge in [0.1, 0.15) is 0 Å². The van der Waals surface area contributed by atoms with E-state index in [0.717, 1.165) is 43.6 Å². The van der Waals surface area contributed by atoms with Gasteiger partial charge in [-0.25, -0.2) is 0 Å². The van der Waals surface area contributed by atoms with E-state index in [1.807, 2.05) is 29.2 Å². The van der Waals surface area contributed by atoms with Crippen LogP contribution >= 0.6 is 0 Å². The van der Waals surface area contributed by atoms with Crippen LogP contribution in [0.25, 0.3) is 0 Å². The van der Waals surface area contributed by atoms with Crippen molar-refractivity contribution in [1.82, 2.24) is 10.2 Å². The lowest BCUT2D eigenvalue weighted by Gasteiger charge is -2.28. The number of aryl methyl sites for hydroxylation is 1. The molecule has 3 heteroatoms. The zero-order chi connectivity index (χ0) is 13.0. The van der Waals surface area contributed by atoms with Crippen molar-refractivity contribution < 1.29 is 4.79 Å². The number of nitrogens with zero attached hydrogens (tertiary/aromatic N) is 1. The molecular formula is C15H22N2O. The maximum atomic E-state index is 12.6. The zero-order valence-electron chi connectivity index (χ0n) is 11.3. The minimum Gasteiger partial charge on any atom is -0.335 e. The second kappa shape index (κ2) is 6.01. The number of nitrogens with one attached hydrogen (secondary N) is 1. The number of carbonyl (C=O) groups is 1. The van der Waals surface area contributed by atoms with Crippen LogP contribution in [0, 0.1) is 0 Å². The summed E-state index contributed by atoms with van der Waals surface area (Å²) < 4.78 is 0. The van der Waals surface area contributed by atoms with Crippen LogP contribution in [-0.4, -0.2) is 36.5 Å². The minimum atomic E-state index is 0.184. The summed E-state index contributed by atoms with van der Waals surface area (Å²) in [5, 5.41) is 3.33. The highest BCUT2D eigenvalue weighted by Crippen LogP contribution is 2.16. The minimum absolute atomic E-state index is 0.184. The van der Waals surface area contributed by atoms with Gasteiger partial charge in [-0.05, 0) is 37.9 Å².